The van der Waals surface area contributed by atoms with E-state index in [9.17, 15) is 159 Å². The topological polar surface area (TPSA) is 86.8 Å². The van der Waals surface area contributed by atoms with Crippen molar-refractivity contribution in [3.63, 3.8) is 0 Å². The van der Waals surface area contributed by atoms with Crippen molar-refractivity contribution in [1.82, 2.24) is 9.80 Å². The molecule has 1 aliphatic rings. The number of halogens is 34. The van der Waals surface area contributed by atoms with Crippen molar-refractivity contribution in [1.29, 1.82) is 0 Å². The van der Waals surface area contributed by atoms with Gasteiger partial charge in [-0.15, -0.1) is 0 Å². The third-order valence-corrected chi connectivity index (χ3v) is 10.9. The molecule has 0 atom stereocenters. The maximum atomic E-state index is 14.7. The molecule has 0 aromatic carbocycles. The van der Waals surface area contributed by atoms with Crippen molar-refractivity contribution in [2.75, 3.05) is 92.2 Å². The molecule has 1 rings (SSSR count). The monoisotopic (exact) mass is 1270 g/mol. The van der Waals surface area contributed by atoms with Crippen LogP contribution in [0.15, 0.2) is 0 Å². The highest BCUT2D eigenvalue weighted by Crippen LogP contribution is 2.66. The summed E-state index contributed by atoms with van der Waals surface area (Å²) in [4.78, 5) is 26.3. The summed E-state index contributed by atoms with van der Waals surface area (Å²) in [5, 5.41) is 0. The molecule has 0 aliphatic carbocycles. The first-order valence-corrected chi connectivity index (χ1v) is 21.3. The number of rotatable bonds is 22. The lowest BCUT2D eigenvalue weighted by atomic mass is 9.88. The van der Waals surface area contributed by atoms with Crippen LogP contribution >= 0.6 is 0 Å². The summed E-state index contributed by atoms with van der Waals surface area (Å²) in [6.07, 6.45) is -30.0. The number of carbonyl (C=O) groups excluding carboxylic acids is 2. The molecule has 9 nitrogen and oxygen atoms in total. The fourth-order valence-electron chi connectivity index (χ4n) is 6.06. The maximum absolute atomic E-state index is 14.7. The normalized spacial score (nSPS) is 18.2. The first kappa shape index (κ1) is 74.4. The van der Waals surface area contributed by atoms with Gasteiger partial charge in [0.2, 0.25) is 11.8 Å². The van der Waals surface area contributed by atoms with Crippen LogP contribution in [0.4, 0.5) is 149 Å². The molecular weight excluding hydrogens is 1230 g/mol. The highest BCUT2D eigenvalue weighted by molar-refractivity contribution is 5.79. The van der Waals surface area contributed by atoms with Crippen molar-refractivity contribution >= 4 is 11.8 Å². The summed E-state index contributed by atoms with van der Waals surface area (Å²) in [6.45, 7) is -6.82. The van der Waals surface area contributed by atoms with Gasteiger partial charge in [0.15, 0.2) is 0 Å². The van der Waals surface area contributed by atoms with Crippen LogP contribution in [0, 0.1) is 0 Å². The molecule has 0 saturated carbocycles. The zero-order valence-corrected chi connectivity index (χ0v) is 39.0. The first-order chi connectivity index (χ1) is 35.5. The Morgan fingerprint density at radius 1 is 0.312 bits per heavy atom. The van der Waals surface area contributed by atoms with E-state index in [1.807, 2.05) is 0 Å². The molecule has 1 aliphatic heterocycles. The van der Waals surface area contributed by atoms with Gasteiger partial charge < -0.3 is 33.5 Å². The smallest absolute Gasteiger partial charge is 0.377 e. The van der Waals surface area contributed by atoms with Gasteiger partial charge >= 0.3 is 95.3 Å². The number of alkyl halides is 34. The van der Waals surface area contributed by atoms with Gasteiger partial charge in [0.25, 0.3) is 0 Å². The molecular formula is C37H38F34N2O7. The summed E-state index contributed by atoms with van der Waals surface area (Å²) in [5.41, 5.74) is 0. The van der Waals surface area contributed by atoms with E-state index in [-0.39, 0.29) is 52.9 Å². The standard InChI is InChI=1S/C37H38F34N2O7/c38-22(39,24(42,43)26(46,47)28(50,51)30(54,55)32(58,59)34(62,63)36(66,67)68)4-1-6-72(7-3-21(75)73-8-10-76-12-14-78-16-18-80-19-17-79-15-13-77-11-9-73)20(74)2-5-23(40,41)25(44,45)27(48,49)29(52,53)31(56,57)33(60,61)35(64,65)37(69,70)71/h1-19H2. The fraction of sp³-hybridized carbons (Fsp3) is 0.946. The Morgan fingerprint density at radius 2 is 0.562 bits per heavy atom. The lowest BCUT2D eigenvalue weighted by Crippen LogP contribution is -2.74. The Balaban J connectivity index is 3.75. The van der Waals surface area contributed by atoms with E-state index in [4.69, 9.17) is 23.7 Å². The molecule has 80 heavy (non-hydrogen) atoms. The maximum Gasteiger partial charge on any atom is 0.460 e. The minimum Gasteiger partial charge on any atom is -0.377 e. The quantitative estimate of drug-likeness (QED) is 0.0998. The molecule has 2 amide bonds. The molecule has 0 unspecified atom stereocenters. The largest absolute Gasteiger partial charge is 0.460 e. The van der Waals surface area contributed by atoms with Crippen LogP contribution in [0.25, 0.3) is 0 Å². The number of nitrogens with zero attached hydrogens (tertiary/aromatic N) is 2. The average Bonchev–Trinajstić information content (AvgIpc) is 3.30. The summed E-state index contributed by atoms with van der Waals surface area (Å²) < 4.78 is 495. The van der Waals surface area contributed by atoms with E-state index in [2.05, 4.69) is 0 Å². The predicted octanol–water partition coefficient (Wildman–Crippen LogP) is 11.7. The number of carbonyl (C=O) groups is 2. The summed E-state index contributed by atoms with van der Waals surface area (Å²) in [7, 11) is 0. The molecule has 0 spiro atoms. The Bertz CT molecular complexity index is 1980. The Labute approximate surface area is 424 Å². The van der Waals surface area contributed by atoms with Crippen LogP contribution < -0.4 is 0 Å². The third-order valence-electron chi connectivity index (χ3n) is 10.9. The lowest BCUT2D eigenvalue weighted by molar-refractivity contribution is -0.461. The van der Waals surface area contributed by atoms with Gasteiger partial charge in [-0.05, 0) is 6.42 Å². The second-order valence-electron chi connectivity index (χ2n) is 16.5. The molecule has 0 aromatic heterocycles. The van der Waals surface area contributed by atoms with Gasteiger partial charge in [-0.3, -0.25) is 9.59 Å². The molecule has 0 N–H and O–H groups in total. The molecule has 1 fully saturated rings. The van der Waals surface area contributed by atoms with Gasteiger partial charge in [-0.1, -0.05) is 0 Å². The highest BCUT2D eigenvalue weighted by atomic mass is 19.4. The van der Waals surface area contributed by atoms with E-state index in [0.717, 1.165) is 0 Å². The Morgan fingerprint density at radius 3 is 0.850 bits per heavy atom. The van der Waals surface area contributed by atoms with Crippen molar-refractivity contribution < 1.29 is 183 Å². The predicted molar refractivity (Wildman–Crippen MR) is 192 cm³/mol. The number of ether oxygens (including phenoxy) is 5. The Kier molecular flexibility index (Phi) is 23.5. The van der Waals surface area contributed by atoms with Crippen LogP contribution in [-0.4, -0.2) is 209 Å². The van der Waals surface area contributed by atoms with Gasteiger partial charge in [0.05, 0.1) is 66.1 Å². The third kappa shape index (κ3) is 14.1. The van der Waals surface area contributed by atoms with Gasteiger partial charge in [-0.2, -0.15) is 149 Å². The van der Waals surface area contributed by atoms with Crippen molar-refractivity contribution in [2.24, 2.45) is 0 Å². The molecule has 1 saturated heterocycles. The summed E-state index contributed by atoms with van der Waals surface area (Å²) in [5.74, 6) is -125. The van der Waals surface area contributed by atoms with E-state index in [1.165, 1.54) is 0 Å². The minimum absolute atomic E-state index is 0.00565. The molecule has 1 heterocycles. The van der Waals surface area contributed by atoms with E-state index >= 15 is 0 Å². The molecule has 0 aromatic rings. The number of amides is 2. The van der Waals surface area contributed by atoms with Gasteiger partial charge in [-0.25, -0.2) is 0 Å². The minimum atomic E-state index is -9.13. The summed E-state index contributed by atoms with van der Waals surface area (Å²) in [6, 6.07) is 0. The second-order valence-corrected chi connectivity index (χ2v) is 16.5. The highest BCUT2D eigenvalue weighted by Gasteiger charge is 2.97. The summed E-state index contributed by atoms with van der Waals surface area (Å²) >= 11 is 0. The fourth-order valence-corrected chi connectivity index (χ4v) is 6.06. The molecule has 0 bridgehead atoms. The van der Waals surface area contributed by atoms with Crippen molar-refractivity contribution in [2.45, 2.75) is 127 Å². The Hall–Kier alpha value is -3.64. The second kappa shape index (κ2) is 25.3. The average molecular weight is 1270 g/mol. The molecule has 476 valence electrons. The zero-order chi connectivity index (χ0) is 63.3. The van der Waals surface area contributed by atoms with Gasteiger partial charge in [0.1, 0.15) is 0 Å². The van der Waals surface area contributed by atoms with Crippen LogP contribution in [0.2, 0.25) is 0 Å². The van der Waals surface area contributed by atoms with E-state index < -0.39 is 183 Å². The van der Waals surface area contributed by atoms with E-state index in [1.54, 1.807) is 0 Å². The van der Waals surface area contributed by atoms with Crippen LogP contribution in [-0.2, 0) is 33.3 Å². The van der Waals surface area contributed by atoms with Crippen LogP contribution in [0.3, 0.4) is 0 Å². The van der Waals surface area contributed by atoms with Crippen molar-refractivity contribution in [3.05, 3.63) is 0 Å². The molecule has 43 heteroatoms. The SMILES string of the molecule is O=C(CCN(CCCC(F)(F)C(F)(F)C(F)(F)C(F)(F)C(F)(F)C(F)(F)C(F)(F)C(F)(F)F)C(=O)CCC(F)(F)C(F)(F)C(F)(F)C(F)(F)C(F)(F)C(F)(F)C(F)(F)C(F)(F)F)N1CCOCCOCCOCCOCCOCC1. The first-order valence-electron chi connectivity index (χ1n) is 21.3. The number of hydrogen-bond donors (Lipinski definition) is 0. The van der Waals surface area contributed by atoms with Crippen LogP contribution in [0.1, 0.15) is 32.1 Å². The number of hydrogen-bond acceptors (Lipinski definition) is 7. The van der Waals surface area contributed by atoms with Crippen molar-refractivity contribution in [3.8, 4) is 0 Å². The van der Waals surface area contributed by atoms with E-state index in [0.29, 0.717) is 4.90 Å². The zero-order valence-electron chi connectivity index (χ0n) is 39.0. The van der Waals surface area contributed by atoms with Gasteiger partial charge in [0, 0.05) is 51.9 Å². The lowest BCUT2D eigenvalue weighted by Gasteiger charge is -2.43. The molecule has 0 radical (unpaired) electrons. The van der Waals surface area contributed by atoms with Crippen LogP contribution in [0.5, 0.6) is 0 Å².